The molecule has 1 rings (SSSR count). The van der Waals surface area contributed by atoms with Crippen molar-refractivity contribution in [3.8, 4) is 0 Å². The number of hydrogen-bond donors (Lipinski definition) is 2. The van der Waals surface area contributed by atoms with E-state index in [9.17, 15) is 9.59 Å². The van der Waals surface area contributed by atoms with Crippen molar-refractivity contribution < 1.29 is 9.59 Å². The van der Waals surface area contributed by atoms with Crippen LogP contribution in [0.2, 0.25) is 0 Å². The van der Waals surface area contributed by atoms with E-state index in [4.69, 9.17) is 0 Å². The molecule has 0 atom stereocenters. The number of rotatable bonds is 6. The third-order valence-electron chi connectivity index (χ3n) is 3.23. The van der Waals surface area contributed by atoms with Gasteiger partial charge >= 0.3 is 0 Å². The molecule has 110 valence electrons. The van der Waals surface area contributed by atoms with E-state index in [0.717, 1.165) is 25.9 Å². The first-order valence-electron chi connectivity index (χ1n) is 7.35. The quantitative estimate of drug-likeness (QED) is 0.748. The molecule has 0 aromatic carbocycles. The van der Waals surface area contributed by atoms with Gasteiger partial charge in [0.1, 0.15) is 0 Å². The van der Waals surface area contributed by atoms with Crippen molar-refractivity contribution in [3.63, 3.8) is 0 Å². The van der Waals surface area contributed by atoms with Gasteiger partial charge in [-0.1, -0.05) is 26.7 Å². The number of nitrogens with zero attached hydrogens (tertiary/aromatic N) is 1. The van der Waals surface area contributed by atoms with Crippen LogP contribution in [-0.2, 0) is 9.59 Å². The Morgan fingerprint density at radius 1 is 1.05 bits per heavy atom. The van der Waals surface area contributed by atoms with Crippen LogP contribution in [0.15, 0.2) is 0 Å². The molecule has 0 aliphatic carbocycles. The average molecular weight is 269 g/mol. The highest BCUT2D eigenvalue weighted by Gasteiger charge is 2.15. The van der Waals surface area contributed by atoms with Gasteiger partial charge in [0.2, 0.25) is 11.8 Å². The first-order chi connectivity index (χ1) is 9.09. The Balaban J connectivity index is 2.13. The molecule has 1 aliphatic heterocycles. The van der Waals surface area contributed by atoms with Gasteiger partial charge in [0.05, 0.1) is 13.1 Å². The van der Waals surface area contributed by atoms with E-state index in [1.165, 1.54) is 12.8 Å². The van der Waals surface area contributed by atoms with Gasteiger partial charge in [0, 0.05) is 19.6 Å². The Kier molecular flexibility index (Phi) is 7.48. The molecular formula is C14H27N3O2. The molecule has 0 aromatic heterocycles. The zero-order valence-electron chi connectivity index (χ0n) is 12.2. The van der Waals surface area contributed by atoms with E-state index in [-0.39, 0.29) is 24.9 Å². The molecule has 1 fully saturated rings. The van der Waals surface area contributed by atoms with Crippen LogP contribution in [0, 0.1) is 5.92 Å². The highest BCUT2D eigenvalue weighted by atomic mass is 16.2. The first kappa shape index (κ1) is 16.0. The van der Waals surface area contributed by atoms with Crippen molar-refractivity contribution in [3.05, 3.63) is 0 Å². The molecule has 0 bridgehead atoms. The van der Waals surface area contributed by atoms with Crippen LogP contribution >= 0.6 is 0 Å². The van der Waals surface area contributed by atoms with Crippen LogP contribution in [0.5, 0.6) is 0 Å². The van der Waals surface area contributed by atoms with Gasteiger partial charge in [-0.05, 0) is 18.8 Å². The molecule has 2 amide bonds. The lowest BCUT2D eigenvalue weighted by atomic mass is 10.2. The Morgan fingerprint density at radius 2 is 1.68 bits per heavy atom. The van der Waals surface area contributed by atoms with Crippen LogP contribution in [0.3, 0.4) is 0 Å². The third kappa shape index (κ3) is 7.15. The number of carbonyl (C=O) groups is 2. The molecule has 2 N–H and O–H groups in total. The minimum absolute atomic E-state index is 0.0441. The van der Waals surface area contributed by atoms with E-state index < -0.39 is 0 Å². The Labute approximate surface area is 116 Å². The molecule has 5 nitrogen and oxygen atoms in total. The van der Waals surface area contributed by atoms with Crippen molar-refractivity contribution in [2.24, 2.45) is 5.92 Å². The molecule has 0 radical (unpaired) electrons. The van der Waals surface area contributed by atoms with E-state index in [1.54, 1.807) is 0 Å². The fourth-order valence-electron chi connectivity index (χ4n) is 2.10. The summed E-state index contributed by atoms with van der Waals surface area (Å²) >= 11 is 0. The molecule has 1 aliphatic rings. The SMILES string of the molecule is CC(C)CNC(=O)CNCC(=O)N1CCCCCC1. The van der Waals surface area contributed by atoms with Gasteiger partial charge in [-0.15, -0.1) is 0 Å². The number of hydrogen-bond acceptors (Lipinski definition) is 3. The van der Waals surface area contributed by atoms with Gasteiger partial charge in [-0.25, -0.2) is 0 Å². The standard InChI is InChI=1S/C14H27N3O2/c1-12(2)9-16-13(18)10-15-11-14(19)17-7-5-3-4-6-8-17/h12,15H,3-11H2,1-2H3,(H,16,18). The zero-order chi connectivity index (χ0) is 14.1. The topological polar surface area (TPSA) is 61.4 Å². The number of likely N-dealkylation sites (tertiary alicyclic amines) is 1. The summed E-state index contributed by atoms with van der Waals surface area (Å²) in [5, 5.41) is 5.74. The summed E-state index contributed by atoms with van der Waals surface area (Å²) in [6.45, 7) is 6.98. The van der Waals surface area contributed by atoms with Crippen molar-refractivity contribution in [2.45, 2.75) is 39.5 Å². The zero-order valence-corrected chi connectivity index (χ0v) is 12.2. The van der Waals surface area contributed by atoms with E-state index >= 15 is 0 Å². The second kappa shape index (κ2) is 8.91. The molecule has 0 unspecified atom stereocenters. The Bertz CT molecular complexity index is 284. The molecule has 0 aromatic rings. The summed E-state index contributed by atoms with van der Waals surface area (Å²) in [6, 6.07) is 0. The fourth-order valence-corrected chi connectivity index (χ4v) is 2.10. The van der Waals surface area contributed by atoms with Crippen LogP contribution in [0.25, 0.3) is 0 Å². The van der Waals surface area contributed by atoms with Crippen LogP contribution in [0.4, 0.5) is 0 Å². The van der Waals surface area contributed by atoms with Crippen LogP contribution in [0.1, 0.15) is 39.5 Å². The van der Waals surface area contributed by atoms with Crippen molar-refractivity contribution >= 4 is 11.8 Å². The lowest BCUT2D eigenvalue weighted by Crippen LogP contribution is -2.42. The maximum absolute atomic E-state index is 11.9. The summed E-state index contributed by atoms with van der Waals surface area (Å²) in [5.74, 6) is 0.513. The second-order valence-corrected chi connectivity index (χ2v) is 5.60. The molecule has 19 heavy (non-hydrogen) atoms. The Hall–Kier alpha value is -1.10. The summed E-state index contributed by atoms with van der Waals surface area (Å²) in [7, 11) is 0. The number of amides is 2. The minimum atomic E-state index is -0.0441. The third-order valence-corrected chi connectivity index (χ3v) is 3.23. The van der Waals surface area contributed by atoms with Gasteiger partial charge in [0.25, 0.3) is 0 Å². The monoisotopic (exact) mass is 269 g/mol. The summed E-state index contributed by atoms with van der Waals surface area (Å²) in [6.07, 6.45) is 4.63. The summed E-state index contributed by atoms with van der Waals surface area (Å²) < 4.78 is 0. The van der Waals surface area contributed by atoms with Crippen molar-refractivity contribution in [1.29, 1.82) is 0 Å². The molecule has 5 heteroatoms. The maximum atomic E-state index is 11.9. The highest BCUT2D eigenvalue weighted by molar-refractivity contribution is 5.81. The van der Waals surface area contributed by atoms with Gasteiger partial charge < -0.3 is 10.2 Å². The van der Waals surface area contributed by atoms with Crippen LogP contribution in [-0.4, -0.2) is 49.4 Å². The minimum Gasteiger partial charge on any atom is -0.355 e. The number of carbonyl (C=O) groups excluding carboxylic acids is 2. The van der Waals surface area contributed by atoms with Crippen molar-refractivity contribution in [1.82, 2.24) is 15.5 Å². The van der Waals surface area contributed by atoms with E-state index in [0.29, 0.717) is 12.5 Å². The maximum Gasteiger partial charge on any atom is 0.236 e. The van der Waals surface area contributed by atoms with Gasteiger partial charge in [0.15, 0.2) is 0 Å². The molecule has 0 spiro atoms. The molecular weight excluding hydrogens is 242 g/mol. The average Bonchev–Trinajstić information content (AvgIpc) is 2.65. The predicted molar refractivity (Wildman–Crippen MR) is 75.8 cm³/mol. The molecule has 0 saturated carbocycles. The highest BCUT2D eigenvalue weighted by Crippen LogP contribution is 2.09. The largest absolute Gasteiger partial charge is 0.355 e. The molecule has 1 saturated heterocycles. The lowest BCUT2D eigenvalue weighted by molar-refractivity contribution is -0.130. The Morgan fingerprint density at radius 3 is 2.26 bits per heavy atom. The van der Waals surface area contributed by atoms with E-state index in [2.05, 4.69) is 24.5 Å². The number of nitrogens with one attached hydrogen (secondary N) is 2. The smallest absolute Gasteiger partial charge is 0.236 e. The van der Waals surface area contributed by atoms with Gasteiger partial charge in [-0.2, -0.15) is 0 Å². The van der Waals surface area contributed by atoms with E-state index in [1.807, 2.05) is 4.90 Å². The predicted octanol–water partition coefficient (Wildman–Crippen LogP) is 0.751. The fraction of sp³-hybridized carbons (Fsp3) is 0.857. The second-order valence-electron chi connectivity index (χ2n) is 5.60. The first-order valence-corrected chi connectivity index (χ1v) is 7.35. The summed E-state index contributed by atoms with van der Waals surface area (Å²) in [5.41, 5.74) is 0. The normalized spacial score (nSPS) is 16.3. The summed E-state index contributed by atoms with van der Waals surface area (Å²) in [4.78, 5) is 25.3. The molecule has 1 heterocycles. The van der Waals surface area contributed by atoms with Crippen LogP contribution < -0.4 is 10.6 Å². The van der Waals surface area contributed by atoms with Gasteiger partial charge in [-0.3, -0.25) is 14.9 Å². The lowest BCUT2D eigenvalue weighted by Gasteiger charge is -2.20. The van der Waals surface area contributed by atoms with Crippen molar-refractivity contribution in [2.75, 3.05) is 32.7 Å².